The van der Waals surface area contributed by atoms with Crippen molar-refractivity contribution in [2.75, 3.05) is 6.61 Å². The number of nitrogens with zero attached hydrogens (tertiary/aromatic N) is 2. The van der Waals surface area contributed by atoms with Crippen molar-refractivity contribution in [1.82, 2.24) is 9.78 Å². The van der Waals surface area contributed by atoms with E-state index in [4.69, 9.17) is 4.74 Å². The first-order valence-electron chi connectivity index (χ1n) is 7.29. The third-order valence-electron chi connectivity index (χ3n) is 3.28. The normalized spacial score (nSPS) is 10.9. The number of halogens is 2. The van der Waals surface area contributed by atoms with Gasteiger partial charge in [-0.15, -0.1) is 0 Å². The summed E-state index contributed by atoms with van der Waals surface area (Å²) in [7, 11) is 0. The summed E-state index contributed by atoms with van der Waals surface area (Å²) >= 11 is 0. The van der Waals surface area contributed by atoms with E-state index in [1.807, 2.05) is 6.92 Å². The van der Waals surface area contributed by atoms with E-state index in [-0.39, 0.29) is 12.4 Å². The Kier molecular flexibility index (Phi) is 5.31. The van der Waals surface area contributed by atoms with E-state index in [9.17, 15) is 13.6 Å². The van der Waals surface area contributed by atoms with Crippen LogP contribution in [0, 0.1) is 6.92 Å². The molecule has 7 heteroatoms. The van der Waals surface area contributed by atoms with Crippen LogP contribution in [-0.2, 0) is 11.2 Å². The lowest BCUT2D eigenvalue weighted by Gasteiger charge is -2.13. The van der Waals surface area contributed by atoms with Crippen LogP contribution >= 0.6 is 0 Å². The summed E-state index contributed by atoms with van der Waals surface area (Å²) in [4.78, 5) is 12.1. The first-order chi connectivity index (χ1) is 11.0. The van der Waals surface area contributed by atoms with Gasteiger partial charge >= 0.3 is 12.6 Å². The highest BCUT2D eigenvalue weighted by molar-refractivity contribution is 5.92. The third kappa shape index (κ3) is 3.49. The van der Waals surface area contributed by atoms with Gasteiger partial charge in [-0.05, 0) is 32.4 Å². The van der Waals surface area contributed by atoms with Gasteiger partial charge in [0, 0.05) is 0 Å². The Hall–Kier alpha value is -2.44. The molecular weight excluding hydrogens is 306 g/mol. The van der Waals surface area contributed by atoms with Crippen molar-refractivity contribution in [2.45, 2.75) is 33.8 Å². The molecule has 0 bridgehead atoms. The van der Waals surface area contributed by atoms with Crippen LogP contribution in [0.1, 0.15) is 35.6 Å². The van der Waals surface area contributed by atoms with Crippen LogP contribution in [-0.4, -0.2) is 29.0 Å². The first-order valence-corrected chi connectivity index (χ1v) is 7.29. The SMILES string of the molecule is CCOC(=O)c1c(C)nn(-c2ccccc2OC(F)F)c1CC. The molecule has 0 aliphatic heterocycles. The van der Waals surface area contributed by atoms with Crippen LogP contribution in [0.2, 0.25) is 0 Å². The van der Waals surface area contributed by atoms with Gasteiger partial charge in [0.05, 0.1) is 18.0 Å². The summed E-state index contributed by atoms with van der Waals surface area (Å²) < 4.78 is 36.2. The van der Waals surface area contributed by atoms with Gasteiger partial charge in [0.25, 0.3) is 0 Å². The van der Waals surface area contributed by atoms with Crippen LogP contribution in [0.4, 0.5) is 8.78 Å². The number of rotatable bonds is 6. The standard InChI is InChI=1S/C16H18F2N2O3/c1-4-11-14(15(21)22-5-2)10(3)19-20(11)12-8-6-7-9-13(12)23-16(17)18/h6-9,16H,4-5H2,1-3H3. The molecule has 1 aromatic carbocycles. The van der Waals surface area contributed by atoms with Crippen molar-refractivity contribution in [1.29, 1.82) is 0 Å². The van der Waals surface area contributed by atoms with Gasteiger partial charge in [0.2, 0.25) is 0 Å². The zero-order chi connectivity index (χ0) is 17.0. The minimum absolute atomic E-state index is 0.00453. The van der Waals surface area contributed by atoms with Crippen molar-refractivity contribution < 1.29 is 23.0 Å². The summed E-state index contributed by atoms with van der Waals surface area (Å²) in [5.41, 5.74) is 1.78. The van der Waals surface area contributed by atoms with E-state index in [0.29, 0.717) is 29.1 Å². The average Bonchev–Trinajstić information content (AvgIpc) is 2.84. The maximum absolute atomic E-state index is 12.6. The lowest BCUT2D eigenvalue weighted by atomic mass is 10.1. The zero-order valence-corrected chi connectivity index (χ0v) is 13.2. The Bertz CT molecular complexity index is 699. The smallest absolute Gasteiger partial charge is 0.387 e. The second-order valence-electron chi connectivity index (χ2n) is 4.74. The second kappa shape index (κ2) is 7.21. The summed E-state index contributed by atoms with van der Waals surface area (Å²) in [5, 5.41) is 4.31. The summed E-state index contributed by atoms with van der Waals surface area (Å²) in [5.74, 6) is -0.476. The van der Waals surface area contributed by atoms with Gasteiger partial charge in [-0.1, -0.05) is 19.1 Å². The predicted octanol–water partition coefficient (Wildman–Crippen LogP) is 3.52. The summed E-state index contributed by atoms with van der Waals surface area (Å²) in [6.45, 7) is 2.56. The van der Waals surface area contributed by atoms with E-state index < -0.39 is 12.6 Å². The monoisotopic (exact) mass is 324 g/mol. The molecule has 0 radical (unpaired) electrons. The first kappa shape index (κ1) is 16.9. The number of benzene rings is 1. The van der Waals surface area contributed by atoms with Crippen molar-refractivity contribution in [3.63, 3.8) is 0 Å². The number of carbonyl (C=O) groups excluding carboxylic acids is 1. The molecule has 0 saturated heterocycles. The van der Waals surface area contributed by atoms with E-state index in [1.165, 1.54) is 10.7 Å². The molecule has 0 atom stereocenters. The number of para-hydroxylation sites is 2. The number of alkyl halides is 2. The predicted molar refractivity (Wildman–Crippen MR) is 80.3 cm³/mol. The largest absolute Gasteiger partial charge is 0.462 e. The second-order valence-corrected chi connectivity index (χ2v) is 4.74. The van der Waals surface area contributed by atoms with Crippen molar-refractivity contribution >= 4 is 5.97 Å². The minimum Gasteiger partial charge on any atom is -0.462 e. The van der Waals surface area contributed by atoms with Gasteiger partial charge < -0.3 is 9.47 Å². The Balaban J connectivity index is 2.57. The number of hydrogen-bond donors (Lipinski definition) is 0. The lowest BCUT2D eigenvalue weighted by Crippen LogP contribution is -2.11. The number of aromatic nitrogens is 2. The molecule has 1 aromatic heterocycles. The topological polar surface area (TPSA) is 53.3 Å². The number of ether oxygens (including phenoxy) is 2. The molecule has 23 heavy (non-hydrogen) atoms. The number of esters is 1. The summed E-state index contributed by atoms with van der Waals surface area (Å²) in [6.07, 6.45) is 0.484. The fourth-order valence-corrected chi connectivity index (χ4v) is 2.40. The van der Waals surface area contributed by atoms with Gasteiger partial charge in [0.1, 0.15) is 11.3 Å². The Labute approximate surface area is 132 Å². The Morgan fingerprint density at radius 1 is 1.30 bits per heavy atom. The Morgan fingerprint density at radius 2 is 2.00 bits per heavy atom. The molecule has 0 aliphatic rings. The molecule has 0 unspecified atom stereocenters. The molecule has 0 fully saturated rings. The molecule has 0 aliphatic carbocycles. The number of aryl methyl sites for hydroxylation is 1. The molecule has 0 spiro atoms. The molecule has 0 amide bonds. The molecule has 0 saturated carbocycles. The van der Waals surface area contributed by atoms with Crippen LogP contribution in [0.15, 0.2) is 24.3 Å². The lowest BCUT2D eigenvalue weighted by molar-refractivity contribution is -0.0499. The highest BCUT2D eigenvalue weighted by atomic mass is 19.3. The molecule has 2 rings (SSSR count). The highest BCUT2D eigenvalue weighted by Gasteiger charge is 2.23. The number of carbonyl (C=O) groups is 1. The van der Waals surface area contributed by atoms with Crippen LogP contribution in [0.5, 0.6) is 5.75 Å². The van der Waals surface area contributed by atoms with E-state index in [1.54, 1.807) is 32.0 Å². The van der Waals surface area contributed by atoms with E-state index in [0.717, 1.165) is 0 Å². The van der Waals surface area contributed by atoms with Gasteiger partial charge in [-0.2, -0.15) is 13.9 Å². The number of hydrogen-bond acceptors (Lipinski definition) is 4. The molecule has 124 valence electrons. The maximum Gasteiger partial charge on any atom is 0.387 e. The third-order valence-corrected chi connectivity index (χ3v) is 3.28. The molecule has 1 heterocycles. The zero-order valence-electron chi connectivity index (χ0n) is 13.2. The van der Waals surface area contributed by atoms with Crippen LogP contribution < -0.4 is 4.74 Å². The van der Waals surface area contributed by atoms with Gasteiger partial charge in [-0.3, -0.25) is 0 Å². The minimum atomic E-state index is -2.94. The van der Waals surface area contributed by atoms with Gasteiger partial charge in [0.15, 0.2) is 5.75 Å². The van der Waals surface area contributed by atoms with Crippen molar-refractivity contribution in [2.24, 2.45) is 0 Å². The molecule has 2 aromatic rings. The molecular formula is C16H18F2N2O3. The Morgan fingerprint density at radius 3 is 2.61 bits per heavy atom. The fourth-order valence-electron chi connectivity index (χ4n) is 2.40. The average molecular weight is 324 g/mol. The van der Waals surface area contributed by atoms with Crippen molar-refractivity contribution in [3.05, 3.63) is 41.2 Å². The van der Waals surface area contributed by atoms with E-state index in [2.05, 4.69) is 9.84 Å². The van der Waals surface area contributed by atoms with Crippen LogP contribution in [0.3, 0.4) is 0 Å². The molecule has 5 nitrogen and oxygen atoms in total. The van der Waals surface area contributed by atoms with Gasteiger partial charge in [-0.25, -0.2) is 9.48 Å². The van der Waals surface area contributed by atoms with Crippen molar-refractivity contribution in [3.8, 4) is 11.4 Å². The molecule has 0 N–H and O–H groups in total. The fraction of sp³-hybridized carbons (Fsp3) is 0.375. The maximum atomic E-state index is 12.6. The summed E-state index contributed by atoms with van der Waals surface area (Å²) in [6, 6.07) is 6.32. The van der Waals surface area contributed by atoms with E-state index >= 15 is 0 Å². The quantitative estimate of drug-likeness (QED) is 0.763. The van der Waals surface area contributed by atoms with Crippen LogP contribution in [0.25, 0.3) is 5.69 Å². The highest BCUT2D eigenvalue weighted by Crippen LogP contribution is 2.28.